The van der Waals surface area contributed by atoms with Gasteiger partial charge in [-0.3, -0.25) is 9.36 Å². The van der Waals surface area contributed by atoms with Crippen molar-refractivity contribution in [3.8, 4) is 0 Å². The van der Waals surface area contributed by atoms with E-state index in [2.05, 4.69) is 0 Å². The summed E-state index contributed by atoms with van der Waals surface area (Å²) in [4.78, 5) is 10.7. The molecule has 1 aromatic heterocycles. The molecule has 0 aliphatic rings. The second-order valence-electron chi connectivity index (χ2n) is 2.63. The third kappa shape index (κ3) is 2.56. The van der Waals surface area contributed by atoms with E-state index in [1.807, 2.05) is 0 Å². The molecule has 0 N–H and O–H groups in total. The zero-order chi connectivity index (χ0) is 11.3. The zero-order valence-corrected chi connectivity index (χ0v) is 9.53. The van der Waals surface area contributed by atoms with E-state index in [1.54, 1.807) is 13.8 Å². The summed E-state index contributed by atoms with van der Waals surface area (Å²) in [6.45, 7) is 3.82. The van der Waals surface area contributed by atoms with Crippen molar-refractivity contribution in [3.63, 3.8) is 0 Å². The second-order valence-corrected chi connectivity index (χ2v) is 4.55. The number of aldehydes is 1. The van der Waals surface area contributed by atoms with Crippen LogP contribution in [-0.4, -0.2) is 19.5 Å². The van der Waals surface area contributed by atoms with Gasteiger partial charge < -0.3 is 13.5 Å². The first-order valence-corrected chi connectivity index (χ1v) is 6.14. The highest BCUT2D eigenvalue weighted by molar-refractivity contribution is 7.61. The summed E-state index contributed by atoms with van der Waals surface area (Å²) in [6.07, 6.45) is 1.84. The molecule has 1 aromatic rings. The van der Waals surface area contributed by atoms with Crippen LogP contribution in [0.4, 0.5) is 0 Å². The maximum absolute atomic E-state index is 12.2. The van der Waals surface area contributed by atoms with Crippen LogP contribution in [-0.2, 0) is 13.6 Å². The van der Waals surface area contributed by atoms with Gasteiger partial charge >= 0.3 is 7.60 Å². The molecule has 0 unspecified atom stereocenters. The Hall–Kier alpha value is -0.900. The van der Waals surface area contributed by atoms with Crippen LogP contribution in [0.2, 0.25) is 0 Å². The van der Waals surface area contributed by atoms with Crippen LogP contribution in [0, 0.1) is 0 Å². The predicted octanol–water partition coefficient (Wildman–Crippen LogP) is 1.98. The molecule has 84 valence electrons. The van der Waals surface area contributed by atoms with E-state index in [0.717, 1.165) is 0 Å². The maximum Gasteiger partial charge on any atom is 0.396 e. The maximum atomic E-state index is 12.2. The third-order valence-corrected chi connectivity index (χ3v) is 3.71. The molecule has 1 rings (SSSR count). The van der Waals surface area contributed by atoms with Gasteiger partial charge in [0, 0.05) is 0 Å². The van der Waals surface area contributed by atoms with Crippen molar-refractivity contribution in [2.75, 3.05) is 13.2 Å². The van der Waals surface area contributed by atoms with Crippen molar-refractivity contribution in [3.05, 3.63) is 17.9 Å². The quantitative estimate of drug-likeness (QED) is 0.554. The number of furan rings is 1. The van der Waals surface area contributed by atoms with Gasteiger partial charge in [-0.15, -0.1) is 0 Å². The lowest BCUT2D eigenvalue weighted by Crippen LogP contribution is -2.12. The highest BCUT2D eigenvalue weighted by Crippen LogP contribution is 2.47. The number of hydrogen-bond donors (Lipinski definition) is 0. The third-order valence-electron chi connectivity index (χ3n) is 1.65. The first kappa shape index (κ1) is 12.2. The standard InChI is InChI=1S/C9H13O5P/c1-3-13-15(11,14-4-2)9-8(7-10)5-6-12-9/h5-7H,3-4H2,1-2H3. The summed E-state index contributed by atoms with van der Waals surface area (Å²) in [5.74, 6) is 0. The minimum absolute atomic E-state index is 0.0267. The highest BCUT2D eigenvalue weighted by Gasteiger charge is 2.33. The van der Waals surface area contributed by atoms with E-state index in [9.17, 15) is 9.36 Å². The normalized spacial score (nSPS) is 11.6. The van der Waals surface area contributed by atoms with E-state index in [-0.39, 0.29) is 24.3 Å². The minimum atomic E-state index is -3.48. The summed E-state index contributed by atoms with van der Waals surface area (Å²) in [7, 11) is -3.48. The molecule has 0 amide bonds. The first-order chi connectivity index (χ1) is 7.18. The van der Waals surface area contributed by atoms with Crippen molar-refractivity contribution in [1.29, 1.82) is 0 Å². The molecular formula is C9H13O5P. The van der Waals surface area contributed by atoms with E-state index < -0.39 is 7.60 Å². The second kappa shape index (κ2) is 5.26. The zero-order valence-electron chi connectivity index (χ0n) is 8.63. The predicted molar refractivity (Wildman–Crippen MR) is 54.6 cm³/mol. The van der Waals surface area contributed by atoms with Crippen LogP contribution < -0.4 is 5.50 Å². The van der Waals surface area contributed by atoms with E-state index in [4.69, 9.17) is 13.5 Å². The number of carbonyl (C=O) groups is 1. The molecule has 0 fully saturated rings. The van der Waals surface area contributed by atoms with Gasteiger partial charge in [0.2, 0.25) is 5.50 Å². The smallest absolute Gasteiger partial charge is 0.396 e. The van der Waals surface area contributed by atoms with Crippen molar-refractivity contribution in [2.45, 2.75) is 13.8 Å². The van der Waals surface area contributed by atoms with Gasteiger partial charge in [0.15, 0.2) is 6.29 Å². The van der Waals surface area contributed by atoms with Gasteiger partial charge in [-0.1, -0.05) is 0 Å². The van der Waals surface area contributed by atoms with Gasteiger partial charge in [0.1, 0.15) is 0 Å². The van der Waals surface area contributed by atoms with Crippen molar-refractivity contribution < 1.29 is 22.8 Å². The fourth-order valence-corrected chi connectivity index (χ4v) is 2.74. The summed E-state index contributed by atoms with van der Waals surface area (Å²) < 4.78 is 27.2. The molecule has 0 radical (unpaired) electrons. The van der Waals surface area contributed by atoms with Crippen LogP contribution in [0.15, 0.2) is 16.7 Å². The van der Waals surface area contributed by atoms with E-state index in [0.29, 0.717) is 6.29 Å². The Labute approximate surface area is 87.9 Å². The Morgan fingerprint density at radius 2 is 2.00 bits per heavy atom. The van der Waals surface area contributed by atoms with Gasteiger partial charge in [-0.25, -0.2) is 0 Å². The van der Waals surface area contributed by atoms with Crippen LogP contribution in [0.3, 0.4) is 0 Å². The average molecular weight is 232 g/mol. The Morgan fingerprint density at radius 3 is 2.47 bits per heavy atom. The molecule has 15 heavy (non-hydrogen) atoms. The Bertz CT molecular complexity index is 360. The number of rotatable bonds is 6. The highest BCUT2D eigenvalue weighted by atomic mass is 31.2. The summed E-state index contributed by atoms with van der Waals surface area (Å²) in [5, 5.41) is 0. The molecule has 0 aliphatic heterocycles. The van der Waals surface area contributed by atoms with Gasteiger partial charge in [-0.2, -0.15) is 0 Å². The monoisotopic (exact) mass is 232 g/mol. The first-order valence-electron chi connectivity index (χ1n) is 4.60. The minimum Gasteiger partial charge on any atom is -0.456 e. The Morgan fingerprint density at radius 1 is 1.40 bits per heavy atom. The molecule has 0 bridgehead atoms. The fraction of sp³-hybridized carbons (Fsp3) is 0.444. The number of hydrogen-bond acceptors (Lipinski definition) is 5. The molecule has 0 atom stereocenters. The molecule has 6 heteroatoms. The molecule has 5 nitrogen and oxygen atoms in total. The lowest BCUT2D eigenvalue weighted by Gasteiger charge is -2.14. The van der Waals surface area contributed by atoms with E-state index in [1.165, 1.54) is 12.3 Å². The van der Waals surface area contributed by atoms with Gasteiger partial charge in [-0.05, 0) is 19.9 Å². The molecule has 0 aliphatic carbocycles. The summed E-state index contributed by atoms with van der Waals surface area (Å²) >= 11 is 0. The van der Waals surface area contributed by atoms with Crippen LogP contribution in [0.5, 0.6) is 0 Å². The Kier molecular flexibility index (Phi) is 4.27. The topological polar surface area (TPSA) is 65.7 Å². The Balaban J connectivity index is 3.08. The van der Waals surface area contributed by atoms with Crippen molar-refractivity contribution in [2.24, 2.45) is 0 Å². The van der Waals surface area contributed by atoms with Crippen molar-refractivity contribution in [1.82, 2.24) is 0 Å². The molecular weight excluding hydrogens is 219 g/mol. The lowest BCUT2D eigenvalue weighted by molar-refractivity contribution is 0.112. The lowest BCUT2D eigenvalue weighted by atomic mass is 10.4. The molecule has 1 heterocycles. The van der Waals surface area contributed by atoms with Crippen LogP contribution in [0.25, 0.3) is 0 Å². The number of carbonyl (C=O) groups excluding carboxylic acids is 1. The largest absolute Gasteiger partial charge is 0.456 e. The fourth-order valence-electron chi connectivity index (χ4n) is 1.12. The summed E-state index contributed by atoms with van der Waals surface area (Å²) in [6, 6.07) is 1.42. The van der Waals surface area contributed by atoms with Crippen LogP contribution >= 0.6 is 7.60 Å². The molecule has 0 saturated carbocycles. The van der Waals surface area contributed by atoms with E-state index >= 15 is 0 Å². The SMILES string of the molecule is CCOP(=O)(OCC)c1occc1C=O. The molecule has 0 saturated heterocycles. The molecule has 0 aromatic carbocycles. The average Bonchev–Trinajstić information content (AvgIpc) is 2.66. The summed E-state index contributed by atoms with van der Waals surface area (Å²) in [5.41, 5.74) is 0.168. The van der Waals surface area contributed by atoms with Crippen molar-refractivity contribution >= 4 is 19.4 Å². The van der Waals surface area contributed by atoms with Gasteiger partial charge in [0.05, 0.1) is 25.0 Å². The molecule has 0 spiro atoms. The van der Waals surface area contributed by atoms with Gasteiger partial charge in [0.25, 0.3) is 0 Å². The van der Waals surface area contributed by atoms with Crippen LogP contribution in [0.1, 0.15) is 24.2 Å².